The highest BCUT2D eigenvalue weighted by Gasteiger charge is 2.13. The van der Waals surface area contributed by atoms with Crippen LogP contribution in [0.3, 0.4) is 0 Å². The zero-order chi connectivity index (χ0) is 11.4. The summed E-state index contributed by atoms with van der Waals surface area (Å²) >= 11 is 0. The Bertz CT molecular complexity index is 294. The molecular formula is C12H21NO2. The molecule has 15 heavy (non-hydrogen) atoms. The maximum Gasteiger partial charge on any atom is 0.133 e. The van der Waals surface area contributed by atoms with Gasteiger partial charge in [-0.25, -0.2) is 0 Å². The number of aliphatic hydroxyl groups excluding tert-OH is 1. The molecule has 0 radical (unpaired) electrons. The Kier molecular flexibility index (Phi) is 4.36. The van der Waals surface area contributed by atoms with E-state index in [1.807, 2.05) is 19.1 Å². The van der Waals surface area contributed by atoms with Crippen molar-refractivity contribution in [2.24, 2.45) is 5.92 Å². The van der Waals surface area contributed by atoms with Gasteiger partial charge in [0, 0.05) is 12.6 Å². The molecule has 0 bridgehead atoms. The van der Waals surface area contributed by atoms with Crippen LogP contribution in [0.4, 0.5) is 0 Å². The van der Waals surface area contributed by atoms with E-state index >= 15 is 0 Å². The van der Waals surface area contributed by atoms with Crippen molar-refractivity contribution in [3.05, 3.63) is 23.7 Å². The van der Waals surface area contributed by atoms with E-state index in [-0.39, 0.29) is 0 Å². The molecule has 3 nitrogen and oxygen atoms in total. The molecule has 1 aromatic rings. The van der Waals surface area contributed by atoms with Gasteiger partial charge < -0.3 is 14.8 Å². The van der Waals surface area contributed by atoms with Gasteiger partial charge in [0.1, 0.15) is 17.6 Å². The molecule has 0 saturated heterocycles. The van der Waals surface area contributed by atoms with Crippen molar-refractivity contribution in [2.45, 2.75) is 39.8 Å². The van der Waals surface area contributed by atoms with E-state index in [4.69, 9.17) is 4.42 Å². The summed E-state index contributed by atoms with van der Waals surface area (Å²) in [7, 11) is 0. The van der Waals surface area contributed by atoms with Gasteiger partial charge in [-0.05, 0) is 31.9 Å². The first-order valence-electron chi connectivity index (χ1n) is 5.48. The molecule has 0 aliphatic heterocycles. The molecule has 1 aromatic heterocycles. The molecule has 0 saturated carbocycles. The Hall–Kier alpha value is -0.800. The van der Waals surface area contributed by atoms with Crippen LogP contribution in [-0.2, 0) is 0 Å². The molecule has 0 aliphatic carbocycles. The Morgan fingerprint density at radius 1 is 1.33 bits per heavy atom. The molecule has 0 fully saturated rings. The molecule has 86 valence electrons. The quantitative estimate of drug-likeness (QED) is 0.785. The molecule has 0 aromatic carbocycles. The minimum absolute atomic E-state index is 0.399. The average molecular weight is 211 g/mol. The fourth-order valence-electron chi connectivity index (χ4n) is 1.27. The van der Waals surface area contributed by atoms with Gasteiger partial charge in [-0.3, -0.25) is 0 Å². The Balaban J connectivity index is 2.39. The number of hydrogen-bond acceptors (Lipinski definition) is 3. The fourth-order valence-corrected chi connectivity index (χ4v) is 1.27. The first kappa shape index (κ1) is 12.3. The summed E-state index contributed by atoms with van der Waals surface area (Å²) in [6.07, 6.45) is -0.556. The third-order valence-electron chi connectivity index (χ3n) is 2.72. The van der Waals surface area contributed by atoms with Gasteiger partial charge in [-0.2, -0.15) is 0 Å². The van der Waals surface area contributed by atoms with Crippen molar-refractivity contribution in [2.75, 3.05) is 6.54 Å². The Morgan fingerprint density at radius 3 is 2.47 bits per heavy atom. The first-order chi connectivity index (χ1) is 7.00. The average Bonchev–Trinajstić information content (AvgIpc) is 2.60. The van der Waals surface area contributed by atoms with E-state index in [9.17, 15) is 5.11 Å². The summed E-state index contributed by atoms with van der Waals surface area (Å²) in [6.45, 7) is 8.83. The first-order valence-corrected chi connectivity index (χ1v) is 5.48. The van der Waals surface area contributed by atoms with Gasteiger partial charge in [0.2, 0.25) is 0 Å². The summed E-state index contributed by atoms with van der Waals surface area (Å²) in [5.74, 6) is 2.03. The number of aryl methyl sites for hydroxylation is 1. The Labute approximate surface area is 91.5 Å². The van der Waals surface area contributed by atoms with Crippen molar-refractivity contribution < 1.29 is 9.52 Å². The minimum atomic E-state index is -0.556. The SMILES string of the molecule is Cc1ccc(C(O)CNC(C)C(C)C)o1. The second kappa shape index (κ2) is 5.33. The second-order valence-electron chi connectivity index (χ2n) is 4.41. The second-order valence-corrected chi connectivity index (χ2v) is 4.41. The highest BCUT2D eigenvalue weighted by Crippen LogP contribution is 2.15. The monoisotopic (exact) mass is 211 g/mol. The summed E-state index contributed by atoms with van der Waals surface area (Å²) in [5, 5.41) is 13.1. The van der Waals surface area contributed by atoms with Crippen LogP contribution in [0.2, 0.25) is 0 Å². The van der Waals surface area contributed by atoms with Crippen LogP contribution < -0.4 is 5.32 Å². The van der Waals surface area contributed by atoms with Gasteiger partial charge in [-0.1, -0.05) is 13.8 Å². The predicted octanol–water partition coefficient (Wildman–Crippen LogP) is 2.26. The van der Waals surface area contributed by atoms with Gasteiger partial charge in [0.25, 0.3) is 0 Å². The lowest BCUT2D eigenvalue weighted by molar-refractivity contribution is 0.140. The Morgan fingerprint density at radius 2 is 2.00 bits per heavy atom. The highest BCUT2D eigenvalue weighted by atomic mass is 16.4. The van der Waals surface area contributed by atoms with Gasteiger partial charge in [0.15, 0.2) is 0 Å². The van der Waals surface area contributed by atoms with Crippen LogP contribution in [0.5, 0.6) is 0 Å². The van der Waals surface area contributed by atoms with Crippen LogP contribution in [0.25, 0.3) is 0 Å². The summed E-state index contributed by atoms with van der Waals surface area (Å²) < 4.78 is 5.35. The van der Waals surface area contributed by atoms with Gasteiger partial charge in [0.05, 0.1) is 0 Å². The van der Waals surface area contributed by atoms with Crippen LogP contribution in [0.1, 0.15) is 38.4 Å². The van der Waals surface area contributed by atoms with Crippen LogP contribution in [-0.4, -0.2) is 17.7 Å². The van der Waals surface area contributed by atoms with E-state index in [2.05, 4.69) is 26.1 Å². The maximum absolute atomic E-state index is 9.81. The summed E-state index contributed by atoms with van der Waals surface area (Å²) in [5.41, 5.74) is 0. The maximum atomic E-state index is 9.81. The molecule has 1 heterocycles. The van der Waals surface area contributed by atoms with Crippen LogP contribution in [0, 0.1) is 12.8 Å². The molecular weight excluding hydrogens is 190 g/mol. The molecule has 0 amide bonds. The topological polar surface area (TPSA) is 45.4 Å². The number of hydrogen-bond donors (Lipinski definition) is 2. The third kappa shape index (κ3) is 3.68. The largest absolute Gasteiger partial charge is 0.464 e. The van der Waals surface area contributed by atoms with E-state index in [1.54, 1.807) is 0 Å². The number of rotatable bonds is 5. The van der Waals surface area contributed by atoms with Crippen molar-refractivity contribution in [3.63, 3.8) is 0 Å². The van der Waals surface area contributed by atoms with Gasteiger partial charge in [-0.15, -0.1) is 0 Å². The number of aliphatic hydroxyl groups is 1. The zero-order valence-electron chi connectivity index (χ0n) is 9.95. The van der Waals surface area contributed by atoms with E-state index < -0.39 is 6.10 Å². The summed E-state index contributed by atoms with van der Waals surface area (Å²) in [6, 6.07) is 4.09. The minimum Gasteiger partial charge on any atom is -0.464 e. The highest BCUT2D eigenvalue weighted by molar-refractivity contribution is 5.08. The smallest absolute Gasteiger partial charge is 0.133 e. The van der Waals surface area contributed by atoms with Crippen LogP contribution in [0.15, 0.2) is 16.5 Å². The van der Waals surface area contributed by atoms with Crippen molar-refractivity contribution in [1.82, 2.24) is 5.32 Å². The standard InChI is InChI=1S/C12H21NO2/c1-8(2)10(4)13-7-11(14)12-6-5-9(3)15-12/h5-6,8,10-11,13-14H,7H2,1-4H3. The van der Waals surface area contributed by atoms with E-state index in [0.29, 0.717) is 24.3 Å². The predicted molar refractivity (Wildman–Crippen MR) is 60.7 cm³/mol. The van der Waals surface area contributed by atoms with E-state index in [1.165, 1.54) is 0 Å². The molecule has 0 spiro atoms. The lowest BCUT2D eigenvalue weighted by atomic mass is 10.1. The molecule has 0 aliphatic rings. The molecule has 3 heteroatoms. The fraction of sp³-hybridized carbons (Fsp3) is 0.667. The molecule has 2 atom stereocenters. The molecule has 1 rings (SSSR count). The van der Waals surface area contributed by atoms with Crippen molar-refractivity contribution in [1.29, 1.82) is 0 Å². The third-order valence-corrected chi connectivity index (χ3v) is 2.72. The van der Waals surface area contributed by atoms with Crippen molar-refractivity contribution >= 4 is 0 Å². The number of furan rings is 1. The lowest BCUT2D eigenvalue weighted by Gasteiger charge is -2.19. The molecule has 2 unspecified atom stereocenters. The van der Waals surface area contributed by atoms with Crippen LogP contribution >= 0.6 is 0 Å². The van der Waals surface area contributed by atoms with Crippen molar-refractivity contribution in [3.8, 4) is 0 Å². The lowest BCUT2D eigenvalue weighted by Crippen LogP contribution is -2.34. The zero-order valence-corrected chi connectivity index (χ0v) is 9.95. The van der Waals surface area contributed by atoms with Gasteiger partial charge >= 0.3 is 0 Å². The molecule has 2 N–H and O–H groups in total. The number of nitrogens with one attached hydrogen (secondary N) is 1. The normalized spacial score (nSPS) is 15.6. The van der Waals surface area contributed by atoms with E-state index in [0.717, 1.165) is 5.76 Å². The summed E-state index contributed by atoms with van der Waals surface area (Å²) in [4.78, 5) is 0.